The first-order valence-electron chi connectivity index (χ1n) is 4.44. The van der Waals surface area contributed by atoms with Crippen molar-refractivity contribution in [1.82, 2.24) is 0 Å². The van der Waals surface area contributed by atoms with Crippen molar-refractivity contribution in [2.45, 2.75) is 22.5 Å². The largest absolute Gasteiger partial charge is 0.292 e. The Labute approximate surface area is 111 Å². The molecule has 82 valence electrons. The van der Waals surface area contributed by atoms with Crippen molar-refractivity contribution in [3.05, 3.63) is 35.4 Å². The first-order chi connectivity index (χ1) is 6.82. The summed E-state index contributed by atoms with van der Waals surface area (Å²) < 4.78 is 0.109. The van der Waals surface area contributed by atoms with Gasteiger partial charge < -0.3 is 0 Å². The molecule has 1 aromatic carbocycles. The smallest absolute Gasteiger partial charge is 0.183 e. The monoisotopic (exact) mass is 352 g/mol. The first-order valence-corrected chi connectivity index (χ1v) is 6.65. The number of rotatable bonds is 3. The zero-order valence-electron chi connectivity index (χ0n) is 8.43. The zero-order valence-corrected chi connectivity index (χ0v) is 12.4. The number of benzene rings is 1. The van der Waals surface area contributed by atoms with Crippen LogP contribution in [0.25, 0.3) is 0 Å². The lowest BCUT2D eigenvalue weighted by Crippen LogP contribution is -2.24. The zero-order chi connectivity index (χ0) is 11.6. The number of halogens is 3. The minimum atomic E-state index is -0.844. The van der Waals surface area contributed by atoms with E-state index in [1.54, 1.807) is 26.0 Å². The molecule has 0 aromatic heterocycles. The van der Waals surface area contributed by atoms with Gasteiger partial charge in [-0.05, 0) is 19.4 Å². The lowest BCUT2D eigenvalue weighted by Gasteiger charge is -2.14. The highest BCUT2D eigenvalue weighted by Crippen LogP contribution is 2.29. The molecule has 4 heteroatoms. The van der Waals surface area contributed by atoms with Gasteiger partial charge >= 0.3 is 0 Å². The van der Waals surface area contributed by atoms with E-state index >= 15 is 0 Å². The number of carbonyl (C=O) groups is 1. The summed E-state index contributed by atoms with van der Waals surface area (Å²) in [5.74, 6) is -0.0589. The highest BCUT2D eigenvalue weighted by molar-refractivity contribution is 9.24. The minimum absolute atomic E-state index is 0.0589. The molecule has 0 heterocycles. The number of hydrogen-bond donors (Lipinski definition) is 0. The lowest BCUT2D eigenvalue weighted by molar-refractivity contribution is 0.0954. The quantitative estimate of drug-likeness (QED) is 0.569. The van der Waals surface area contributed by atoms with Crippen molar-refractivity contribution >= 4 is 49.2 Å². The Morgan fingerprint density at radius 3 is 2.07 bits per heavy atom. The second-order valence-corrected chi connectivity index (χ2v) is 7.73. The number of carbonyl (C=O) groups excluding carboxylic acids is 1. The summed E-state index contributed by atoms with van der Waals surface area (Å²) in [6, 6.07) is 7.36. The maximum Gasteiger partial charge on any atom is 0.183 e. The molecule has 0 radical (unpaired) electrons. The van der Waals surface area contributed by atoms with Gasteiger partial charge in [-0.3, -0.25) is 4.79 Å². The predicted octanol–water partition coefficient (Wildman–Crippen LogP) is 4.68. The molecule has 0 N–H and O–H groups in total. The maximum absolute atomic E-state index is 11.8. The highest BCUT2D eigenvalue weighted by Gasteiger charge is 2.25. The van der Waals surface area contributed by atoms with E-state index in [9.17, 15) is 4.79 Å². The van der Waals surface area contributed by atoms with E-state index in [2.05, 4.69) is 31.9 Å². The molecule has 0 unspecified atom stereocenters. The normalized spacial score (nSPS) is 11.9. The second-order valence-electron chi connectivity index (χ2n) is 3.72. The lowest BCUT2D eigenvalue weighted by atomic mass is 9.99. The summed E-state index contributed by atoms with van der Waals surface area (Å²) in [5.41, 5.74) is 1.71. The van der Waals surface area contributed by atoms with E-state index in [1.165, 1.54) is 0 Å². The Morgan fingerprint density at radius 1 is 1.27 bits per heavy atom. The third kappa shape index (κ3) is 3.58. The fourth-order valence-corrected chi connectivity index (χ4v) is 1.84. The van der Waals surface area contributed by atoms with Gasteiger partial charge in [-0.15, -0.1) is 11.6 Å². The van der Waals surface area contributed by atoms with Gasteiger partial charge in [0.25, 0.3) is 0 Å². The molecule has 0 aliphatic heterocycles. The number of alkyl halides is 3. The van der Waals surface area contributed by atoms with E-state index in [-0.39, 0.29) is 9.52 Å². The van der Waals surface area contributed by atoms with E-state index in [4.69, 9.17) is 11.6 Å². The van der Waals surface area contributed by atoms with Gasteiger partial charge in [-0.25, -0.2) is 0 Å². The highest BCUT2D eigenvalue weighted by atomic mass is 79.9. The average molecular weight is 354 g/mol. The van der Waals surface area contributed by atoms with E-state index < -0.39 is 4.87 Å². The minimum Gasteiger partial charge on any atom is -0.292 e. The maximum atomic E-state index is 11.8. The van der Waals surface area contributed by atoms with Crippen molar-refractivity contribution in [2.24, 2.45) is 0 Å². The van der Waals surface area contributed by atoms with Crippen molar-refractivity contribution in [3.8, 4) is 0 Å². The summed E-state index contributed by atoms with van der Waals surface area (Å²) in [6.45, 7) is 3.39. The van der Waals surface area contributed by atoms with Crippen LogP contribution in [0.5, 0.6) is 0 Å². The Kier molecular flexibility index (Phi) is 4.38. The molecule has 1 aromatic rings. The Balaban J connectivity index is 2.95. The summed E-state index contributed by atoms with van der Waals surface area (Å²) in [7, 11) is 0. The van der Waals surface area contributed by atoms with Crippen molar-refractivity contribution in [3.63, 3.8) is 0 Å². The Bertz CT molecular complexity index is 352. The molecule has 0 atom stereocenters. The van der Waals surface area contributed by atoms with Crippen LogP contribution >= 0.6 is 43.5 Å². The fourth-order valence-electron chi connectivity index (χ4n) is 1.12. The molecule has 0 fully saturated rings. The van der Waals surface area contributed by atoms with Crippen LogP contribution in [0.15, 0.2) is 24.3 Å². The van der Waals surface area contributed by atoms with Crippen LogP contribution in [0.4, 0.5) is 0 Å². The van der Waals surface area contributed by atoms with Gasteiger partial charge in [0.2, 0.25) is 0 Å². The summed E-state index contributed by atoms with van der Waals surface area (Å²) in [5, 5.41) is 0. The summed E-state index contributed by atoms with van der Waals surface area (Å²) in [4.78, 5) is 10.9. The van der Waals surface area contributed by atoms with Gasteiger partial charge in [0, 0.05) is 5.56 Å². The van der Waals surface area contributed by atoms with E-state index in [0.29, 0.717) is 5.56 Å². The molecular weight excluding hydrogens is 343 g/mol. The van der Waals surface area contributed by atoms with Crippen LogP contribution < -0.4 is 0 Å². The van der Waals surface area contributed by atoms with Crippen molar-refractivity contribution in [1.29, 1.82) is 0 Å². The van der Waals surface area contributed by atoms with Crippen LogP contribution in [0.1, 0.15) is 33.5 Å². The summed E-state index contributed by atoms with van der Waals surface area (Å²) >= 11 is 12.7. The van der Waals surface area contributed by atoms with Gasteiger partial charge in [0.15, 0.2) is 5.78 Å². The van der Waals surface area contributed by atoms with Gasteiger partial charge in [-0.1, -0.05) is 56.1 Å². The SMILES string of the molecule is CC(C)(Cl)C(=O)c1ccc(C(Br)Br)cc1. The molecular formula is C11H11Br2ClO. The van der Waals surface area contributed by atoms with E-state index in [0.717, 1.165) is 5.56 Å². The first kappa shape index (κ1) is 13.2. The molecule has 0 aliphatic rings. The number of hydrogen-bond acceptors (Lipinski definition) is 1. The predicted molar refractivity (Wildman–Crippen MR) is 71.3 cm³/mol. The molecule has 15 heavy (non-hydrogen) atoms. The number of Topliss-reactive ketones (excluding diaryl/α,β-unsaturated/α-hetero) is 1. The van der Waals surface area contributed by atoms with Gasteiger partial charge in [-0.2, -0.15) is 0 Å². The summed E-state index contributed by atoms with van der Waals surface area (Å²) in [6.07, 6.45) is 0. The molecule has 1 rings (SSSR count). The number of ketones is 1. The van der Waals surface area contributed by atoms with Crippen LogP contribution in [-0.2, 0) is 0 Å². The van der Waals surface area contributed by atoms with Crippen LogP contribution in [0.2, 0.25) is 0 Å². The third-order valence-corrected chi connectivity index (χ3v) is 3.19. The molecule has 0 spiro atoms. The molecule has 1 nitrogen and oxygen atoms in total. The molecule has 0 aliphatic carbocycles. The second kappa shape index (κ2) is 4.98. The van der Waals surface area contributed by atoms with Crippen molar-refractivity contribution < 1.29 is 4.79 Å². The topological polar surface area (TPSA) is 17.1 Å². The van der Waals surface area contributed by atoms with Crippen molar-refractivity contribution in [2.75, 3.05) is 0 Å². The molecule has 0 saturated heterocycles. The van der Waals surface area contributed by atoms with Crippen LogP contribution in [0.3, 0.4) is 0 Å². The Hall–Kier alpha value is 0.140. The fraction of sp³-hybridized carbons (Fsp3) is 0.364. The standard InChI is InChI=1S/C11H11Br2ClO/c1-11(2,14)9(15)7-3-5-8(6-4-7)10(12)13/h3-6,10H,1-2H3. The van der Waals surface area contributed by atoms with Crippen LogP contribution in [0, 0.1) is 0 Å². The average Bonchev–Trinajstić information content (AvgIpc) is 2.15. The van der Waals surface area contributed by atoms with Gasteiger partial charge in [0.1, 0.15) is 4.87 Å². The van der Waals surface area contributed by atoms with Gasteiger partial charge in [0.05, 0.1) is 3.74 Å². The molecule has 0 bridgehead atoms. The van der Waals surface area contributed by atoms with E-state index in [1.807, 2.05) is 12.1 Å². The molecule has 0 saturated carbocycles. The van der Waals surface area contributed by atoms with Crippen LogP contribution in [-0.4, -0.2) is 10.7 Å². The third-order valence-electron chi connectivity index (χ3n) is 1.96. The molecule has 0 amide bonds. The Morgan fingerprint density at radius 2 is 1.73 bits per heavy atom.